The molecule has 0 bridgehead atoms. The van der Waals surface area contributed by atoms with E-state index in [-0.39, 0.29) is 0 Å². The average molecular weight is 225 g/mol. The highest BCUT2D eigenvalue weighted by molar-refractivity contribution is 4.89. The third-order valence-electron chi connectivity index (χ3n) is 4.59. The SMILES string of the molecule is CNC(C(C)C)C1CC(C)CCC1C(C)C. The van der Waals surface area contributed by atoms with Crippen LogP contribution in [0.5, 0.6) is 0 Å². The summed E-state index contributed by atoms with van der Waals surface area (Å²) in [6.45, 7) is 12.0. The van der Waals surface area contributed by atoms with E-state index in [2.05, 4.69) is 47.0 Å². The van der Waals surface area contributed by atoms with Crippen molar-refractivity contribution in [2.45, 2.75) is 59.9 Å². The molecular weight excluding hydrogens is 194 g/mol. The van der Waals surface area contributed by atoms with E-state index in [4.69, 9.17) is 0 Å². The van der Waals surface area contributed by atoms with Crippen LogP contribution in [0.2, 0.25) is 0 Å². The highest BCUT2D eigenvalue weighted by Crippen LogP contribution is 2.41. The van der Waals surface area contributed by atoms with Crippen LogP contribution in [0.4, 0.5) is 0 Å². The molecule has 1 rings (SSSR count). The third kappa shape index (κ3) is 3.23. The van der Waals surface area contributed by atoms with Crippen molar-refractivity contribution in [1.29, 1.82) is 0 Å². The molecule has 1 N–H and O–H groups in total. The molecule has 0 aliphatic heterocycles. The van der Waals surface area contributed by atoms with Gasteiger partial charge in [0.25, 0.3) is 0 Å². The Morgan fingerprint density at radius 2 is 1.62 bits per heavy atom. The van der Waals surface area contributed by atoms with Crippen molar-refractivity contribution in [3.05, 3.63) is 0 Å². The molecule has 1 nitrogen and oxygen atoms in total. The van der Waals surface area contributed by atoms with Crippen molar-refractivity contribution in [1.82, 2.24) is 5.32 Å². The van der Waals surface area contributed by atoms with Crippen LogP contribution in [0.15, 0.2) is 0 Å². The molecule has 96 valence electrons. The number of rotatable bonds is 4. The number of hydrogen-bond donors (Lipinski definition) is 1. The maximum atomic E-state index is 3.58. The van der Waals surface area contributed by atoms with Crippen LogP contribution >= 0.6 is 0 Å². The Balaban J connectivity index is 2.76. The fourth-order valence-electron chi connectivity index (χ4n) is 3.73. The van der Waals surface area contributed by atoms with Gasteiger partial charge < -0.3 is 5.32 Å². The molecule has 1 heteroatoms. The Morgan fingerprint density at radius 1 is 1.00 bits per heavy atom. The maximum Gasteiger partial charge on any atom is 0.0118 e. The van der Waals surface area contributed by atoms with E-state index in [1.54, 1.807) is 0 Å². The first-order chi connectivity index (χ1) is 7.47. The third-order valence-corrected chi connectivity index (χ3v) is 4.59. The molecular formula is C15H31N. The highest BCUT2D eigenvalue weighted by Gasteiger charge is 2.36. The smallest absolute Gasteiger partial charge is 0.0118 e. The molecule has 16 heavy (non-hydrogen) atoms. The van der Waals surface area contributed by atoms with Crippen LogP contribution in [0, 0.1) is 29.6 Å². The molecule has 1 saturated carbocycles. The summed E-state index contributed by atoms with van der Waals surface area (Å²) < 4.78 is 0. The zero-order valence-corrected chi connectivity index (χ0v) is 12.1. The molecule has 0 spiro atoms. The zero-order valence-electron chi connectivity index (χ0n) is 12.1. The largest absolute Gasteiger partial charge is 0.316 e. The van der Waals surface area contributed by atoms with Crippen molar-refractivity contribution < 1.29 is 0 Å². The fraction of sp³-hybridized carbons (Fsp3) is 1.00. The van der Waals surface area contributed by atoms with Crippen molar-refractivity contribution in [2.75, 3.05) is 7.05 Å². The van der Waals surface area contributed by atoms with Gasteiger partial charge in [-0.05, 0) is 49.5 Å². The summed E-state index contributed by atoms with van der Waals surface area (Å²) in [6.07, 6.45) is 4.30. The summed E-state index contributed by atoms with van der Waals surface area (Å²) in [7, 11) is 2.14. The Hall–Kier alpha value is -0.0400. The number of hydrogen-bond acceptors (Lipinski definition) is 1. The van der Waals surface area contributed by atoms with Crippen molar-refractivity contribution in [3.8, 4) is 0 Å². The van der Waals surface area contributed by atoms with Gasteiger partial charge in [-0.2, -0.15) is 0 Å². The molecule has 0 amide bonds. The van der Waals surface area contributed by atoms with Crippen LogP contribution in [-0.2, 0) is 0 Å². The zero-order chi connectivity index (χ0) is 12.3. The van der Waals surface area contributed by atoms with E-state index in [0.717, 1.165) is 29.6 Å². The molecule has 1 aliphatic rings. The van der Waals surface area contributed by atoms with Crippen molar-refractivity contribution >= 4 is 0 Å². The Labute approximate surface area is 102 Å². The van der Waals surface area contributed by atoms with Crippen molar-refractivity contribution in [3.63, 3.8) is 0 Å². The van der Waals surface area contributed by atoms with Gasteiger partial charge >= 0.3 is 0 Å². The van der Waals surface area contributed by atoms with Gasteiger partial charge in [-0.1, -0.05) is 41.0 Å². The molecule has 0 aromatic rings. The van der Waals surface area contributed by atoms with E-state index in [1.807, 2.05) is 0 Å². The first-order valence-corrected chi connectivity index (χ1v) is 7.14. The summed E-state index contributed by atoms with van der Waals surface area (Å²) in [5, 5.41) is 3.58. The second kappa shape index (κ2) is 6.05. The monoisotopic (exact) mass is 225 g/mol. The lowest BCUT2D eigenvalue weighted by molar-refractivity contribution is 0.0934. The lowest BCUT2D eigenvalue weighted by atomic mass is 9.65. The second-order valence-corrected chi connectivity index (χ2v) is 6.55. The van der Waals surface area contributed by atoms with Gasteiger partial charge in [0, 0.05) is 6.04 Å². The van der Waals surface area contributed by atoms with E-state index >= 15 is 0 Å². The molecule has 0 aromatic heterocycles. The topological polar surface area (TPSA) is 12.0 Å². The molecule has 4 atom stereocenters. The first-order valence-electron chi connectivity index (χ1n) is 7.14. The Morgan fingerprint density at radius 3 is 2.06 bits per heavy atom. The van der Waals surface area contributed by atoms with Crippen LogP contribution in [-0.4, -0.2) is 13.1 Å². The van der Waals surface area contributed by atoms with Gasteiger partial charge in [0.1, 0.15) is 0 Å². The molecule has 1 fully saturated rings. The predicted molar refractivity (Wildman–Crippen MR) is 72.5 cm³/mol. The standard InChI is InChI=1S/C15H31N/c1-10(2)13-8-7-12(5)9-14(13)15(16-6)11(3)4/h10-16H,7-9H2,1-6H3. The first kappa shape index (κ1) is 14.0. The lowest BCUT2D eigenvalue weighted by Crippen LogP contribution is -2.45. The Bertz CT molecular complexity index is 188. The predicted octanol–water partition coefficient (Wildman–Crippen LogP) is 3.94. The molecule has 1 aliphatic carbocycles. The minimum absolute atomic E-state index is 0.704. The fourth-order valence-corrected chi connectivity index (χ4v) is 3.73. The minimum Gasteiger partial charge on any atom is -0.316 e. The molecule has 4 unspecified atom stereocenters. The minimum atomic E-state index is 0.704. The van der Waals surface area contributed by atoms with Crippen LogP contribution in [0.25, 0.3) is 0 Å². The molecule has 0 saturated heterocycles. The second-order valence-electron chi connectivity index (χ2n) is 6.55. The van der Waals surface area contributed by atoms with Gasteiger partial charge in [-0.25, -0.2) is 0 Å². The molecule has 0 heterocycles. The summed E-state index contributed by atoms with van der Waals surface area (Å²) >= 11 is 0. The van der Waals surface area contributed by atoms with Crippen LogP contribution in [0.3, 0.4) is 0 Å². The summed E-state index contributed by atoms with van der Waals surface area (Å²) in [6, 6.07) is 0.704. The van der Waals surface area contributed by atoms with Gasteiger partial charge in [0.2, 0.25) is 0 Å². The lowest BCUT2D eigenvalue weighted by Gasteiger charge is -2.43. The summed E-state index contributed by atoms with van der Waals surface area (Å²) in [5.41, 5.74) is 0. The summed E-state index contributed by atoms with van der Waals surface area (Å²) in [5.74, 6) is 4.33. The van der Waals surface area contributed by atoms with Gasteiger partial charge in [-0.3, -0.25) is 0 Å². The molecule has 0 radical (unpaired) electrons. The van der Waals surface area contributed by atoms with Gasteiger partial charge in [0.05, 0.1) is 0 Å². The van der Waals surface area contributed by atoms with E-state index in [9.17, 15) is 0 Å². The highest BCUT2D eigenvalue weighted by atomic mass is 14.9. The van der Waals surface area contributed by atoms with E-state index < -0.39 is 0 Å². The van der Waals surface area contributed by atoms with Crippen LogP contribution < -0.4 is 5.32 Å². The maximum absolute atomic E-state index is 3.58. The Kier molecular flexibility index (Phi) is 5.30. The van der Waals surface area contributed by atoms with Crippen molar-refractivity contribution in [2.24, 2.45) is 29.6 Å². The van der Waals surface area contributed by atoms with Gasteiger partial charge in [-0.15, -0.1) is 0 Å². The normalized spacial score (nSPS) is 33.4. The van der Waals surface area contributed by atoms with E-state index in [0.29, 0.717) is 6.04 Å². The van der Waals surface area contributed by atoms with E-state index in [1.165, 1.54) is 19.3 Å². The van der Waals surface area contributed by atoms with Crippen LogP contribution in [0.1, 0.15) is 53.9 Å². The van der Waals surface area contributed by atoms with Gasteiger partial charge in [0.15, 0.2) is 0 Å². The summed E-state index contributed by atoms with van der Waals surface area (Å²) in [4.78, 5) is 0. The average Bonchev–Trinajstić information content (AvgIpc) is 2.17. The molecule has 0 aromatic carbocycles. The number of nitrogens with one attached hydrogen (secondary N) is 1. The quantitative estimate of drug-likeness (QED) is 0.764.